The predicted octanol–water partition coefficient (Wildman–Crippen LogP) is 5.49. The summed E-state index contributed by atoms with van der Waals surface area (Å²) in [6, 6.07) is 14.2. The first kappa shape index (κ1) is 27.3. The molecule has 1 aliphatic rings. The normalized spacial score (nSPS) is 12.8. The Kier molecular flexibility index (Phi) is 7.40. The molecule has 3 heterocycles. The summed E-state index contributed by atoms with van der Waals surface area (Å²) in [5, 5.41) is 11.4. The maximum atomic E-state index is 13.9. The smallest absolute Gasteiger partial charge is 0.356 e. The number of hydrogen-bond donors (Lipinski definition) is 3. The molecule has 5 rings (SSSR count). The largest absolute Gasteiger partial charge is 0.416 e. The first-order chi connectivity index (χ1) is 19.6. The van der Waals surface area contributed by atoms with Crippen molar-refractivity contribution in [3.63, 3.8) is 0 Å². The van der Waals surface area contributed by atoms with Gasteiger partial charge in [-0.2, -0.15) is 18.2 Å². The number of benzene rings is 2. The molecule has 8 nitrogen and oxygen atoms in total. The molecular formula is C30H26F3N7O. The summed E-state index contributed by atoms with van der Waals surface area (Å²) in [7, 11) is 1.72. The SMILES string of the molecule is CNc1nc2cccc(C#Cc3cc(C(=O)Nc4ccc(CN5C=CC(C)=CN5)c(C(F)(F)F)c4)ccc3C)n2n1. The van der Waals surface area contributed by atoms with Crippen LogP contribution in [-0.2, 0) is 12.7 Å². The first-order valence-electron chi connectivity index (χ1n) is 12.7. The Morgan fingerprint density at radius 3 is 2.63 bits per heavy atom. The van der Waals surface area contributed by atoms with Gasteiger partial charge in [-0.05, 0) is 78.9 Å². The van der Waals surface area contributed by atoms with E-state index in [4.69, 9.17) is 0 Å². The lowest BCUT2D eigenvalue weighted by molar-refractivity contribution is -0.138. The van der Waals surface area contributed by atoms with Crippen LogP contribution in [0.2, 0.25) is 0 Å². The molecule has 0 spiro atoms. The topological polar surface area (TPSA) is 86.6 Å². The summed E-state index contributed by atoms with van der Waals surface area (Å²) >= 11 is 0. The molecule has 0 saturated heterocycles. The van der Waals surface area contributed by atoms with Crippen molar-refractivity contribution in [3.8, 4) is 11.8 Å². The van der Waals surface area contributed by atoms with Crippen LogP contribution in [0, 0.1) is 18.8 Å². The van der Waals surface area contributed by atoms with Crippen molar-refractivity contribution in [1.82, 2.24) is 25.0 Å². The minimum atomic E-state index is -4.60. The summed E-state index contributed by atoms with van der Waals surface area (Å²) < 4.78 is 43.4. The van der Waals surface area contributed by atoms with Gasteiger partial charge in [-0.15, -0.1) is 5.10 Å². The highest BCUT2D eigenvalue weighted by Crippen LogP contribution is 2.34. The van der Waals surface area contributed by atoms with Crippen LogP contribution in [0.5, 0.6) is 0 Å². The number of nitrogens with one attached hydrogen (secondary N) is 3. The molecule has 0 unspecified atom stereocenters. The van der Waals surface area contributed by atoms with Crippen molar-refractivity contribution < 1.29 is 18.0 Å². The number of nitrogens with zero attached hydrogens (tertiary/aromatic N) is 4. The molecule has 0 aliphatic carbocycles. The van der Waals surface area contributed by atoms with Crippen molar-refractivity contribution in [2.24, 2.45) is 0 Å². The second kappa shape index (κ2) is 11.1. The van der Waals surface area contributed by atoms with E-state index in [0.29, 0.717) is 22.9 Å². The Hall–Kier alpha value is -5.24. The molecule has 1 aliphatic heterocycles. The number of rotatable bonds is 5. The van der Waals surface area contributed by atoms with Crippen LogP contribution in [0.4, 0.5) is 24.8 Å². The molecule has 2 aromatic carbocycles. The zero-order valence-electron chi connectivity index (χ0n) is 22.5. The fourth-order valence-electron chi connectivity index (χ4n) is 4.16. The molecule has 0 saturated carbocycles. The number of alkyl halides is 3. The summed E-state index contributed by atoms with van der Waals surface area (Å²) in [6.45, 7) is 3.72. The van der Waals surface area contributed by atoms with Gasteiger partial charge in [-0.25, -0.2) is 4.52 Å². The fraction of sp³-hybridized carbons (Fsp3) is 0.167. The minimum absolute atomic E-state index is 0.0120. The molecule has 3 N–H and O–H groups in total. The highest BCUT2D eigenvalue weighted by Gasteiger charge is 2.34. The average Bonchev–Trinajstić information content (AvgIpc) is 3.38. The molecule has 4 aromatic rings. The van der Waals surface area contributed by atoms with E-state index in [1.165, 1.54) is 12.1 Å². The van der Waals surface area contributed by atoms with E-state index < -0.39 is 17.6 Å². The van der Waals surface area contributed by atoms with Gasteiger partial charge in [0.05, 0.1) is 12.1 Å². The van der Waals surface area contributed by atoms with E-state index in [1.54, 1.807) is 59.3 Å². The fourth-order valence-corrected chi connectivity index (χ4v) is 4.16. The molecule has 0 bridgehead atoms. The van der Waals surface area contributed by atoms with Gasteiger partial charge in [0.25, 0.3) is 5.91 Å². The van der Waals surface area contributed by atoms with Crippen molar-refractivity contribution in [1.29, 1.82) is 0 Å². The van der Waals surface area contributed by atoms with Crippen molar-refractivity contribution in [3.05, 3.63) is 112 Å². The van der Waals surface area contributed by atoms with Crippen molar-refractivity contribution in [2.45, 2.75) is 26.6 Å². The summed E-state index contributed by atoms with van der Waals surface area (Å²) in [4.78, 5) is 17.4. The quantitative estimate of drug-likeness (QED) is 0.282. The lowest BCUT2D eigenvalue weighted by Gasteiger charge is -2.25. The molecule has 41 heavy (non-hydrogen) atoms. The van der Waals surface area contributed by atoms with Gasteiger partial charge in [-0.3, -0.25) is 9.80 Å². The molecular weight excluding hydrogens is 531 g/mol. The van der Waals surface area contributed by atoms with E-state index in [1.807, 2.05) is 26.0 Å². The highest BCUT2D eigenvalue weighted by atomic mass is 19.4. The molecule has 208 valence electrons. The third-order valence-corrected chi connectivity index (χ3v) is 6.40. The van der Waals surface area contributed by atoms with Gasteiger partial charge in [0, 0.05) is 36.3 Å². The third-order valence-electron chi connectivity index (χ3n) is 6.40. The Morgan fingerprint density at radius 2 is 1.90 bits per heavy atom. The summed E-state index contributed by atoms with van der Waals surface area (Å²) in [5.74, 6) is 6.06. The maximum Gasteiger partial charge on any atom is 0.416 e. The van der Waals surface area contributed by atoms with Gasteiger partial charge in [0.2, 0.25) is 5.95 Å². The molecule has 0 atom stereocenters. The Labute approximate surface area is 234 Å². The minimum Gasteiger partial charge on any atom is -0.356 e. The van der Waals surface area contributed by atoms with Crippen LogP contribution in [0.15, 0.2) is 78.6 Å². The zero-order chi connectivity index (χ0) is 29.1. The van der Waals surface area contributed by atoms with Gasteiger partial charge in [0.1, 0.15) is 5.69 Å². The van der Waals surface area contributed by atoms with Crippen LogP contribution in [0.1, 0.15) is 45.2 Å². The second-order valence-electron chi connectivity index (χ2n) is 9.43. The van der Waals surface area contributed by atoms with E-state index >= 15 is 0 Å². The molecule has 0 radical (unpaired) electrons. The number of halogens is 3. The third kappa shape index (κ3) is 6.17. The number of pyridine rings is 1. The van der Waals surface area contributed by atoms with Crippen LogP contribution in [0.3, 0.4) is 0 Å². The van der Waals surface area contributed by atoms with Crippen LogP contribution in [-0.4, -0.2) is 32.6 Å². The van der Waals surface area contributed by atoms with Gasteiger partial charge in [-0.1, -0.05) is 24.1 Å². The Morgan fingerprint density at radius 1 is 1.07 bits per heavy atom. The number of carbonyl (C=O) groups excluding carboxylic acids is 1. The number of carbonyl (C=O) groups is 1. The number of anilines is 2. The van der Waals surface area contributed by atoms with Crippen LogP contribution < -0.4 is 16.1 Å². The molecule has 1 amide bonds. The second-order valence-corrected chi connectivity index (χ2v) is 9.43. The Balaban J connectivity index is 1.37. The van der Waals surface area contributed by atoms with Crippen LogP contribution in [0.25, 0.3) is 5.65 Å². The highest BCUT2D eigenvalue weighted by molar-refractivity contribution is 6.04. The maximum absolute atomic E-state index is 13.9. The van der Waals surface area contributed by atoms with E-state index in [0.717, 1.165) is 17.2 Å². The van der Waals surface area contributed by atoms with Gasteiger partial charge < -0.3 is 16.1 Å². The number of allylic oxidation sites excluding steroid dienone is 2. The van der Waals surface area contributed by atoms with Gasteiger partial charge >= 0.3 is 6.18 Å². The molecule has 0 fully saturated rings. The molecule has 11 heteroatoms. The lowest BCUT2D eigenvalue weighted by atomic mass is 10.0. The van der Waals surface area contributed by atoms with E-state index in [2.05, 4.69) is 38.0 Å². The number of hydrogen-bond acceptors (Lipinski definition) is 6. The number of amides is 1. The zero-order valence-corrected chi connectivity index (χ0v) is 22.5. The summed E-state index contributed by atoms with van der Waals surface area (Å²) in [6.07, 6.45) is 0.577. The predicted molar refractivity (Wildman–Crippen MR) is 151 cm³/mol. The molecule has 2 aromatic heterocycles. The van der Waals surface area contributed by atoms with Crippen LogP contribution >= 0.6 is 0 Å². The number of aryl methyl sites for hydroxylation is 1. The number of aromatic nitrogens is 3. The first-order valence-corrected chi connectivity index (χ1v) is 12.7. The van der Waals surface area contributed by atoms with E-state index in [9.17, 15) is 18.0 Å². The van der Waals surface area contributed by atoms with Gasteiger partial charge in [0.15, 0.2) is 5.65 Å². The standard InChI is InChI=1S/C30H26F3N7O/c1-19-13-14-39(35-17-19)18-23-9-11-24(16-26(23)30(31,32)33)36-28(41)22-8-7-20(2)21(15-22)10-12-25-5-4-6-27-37-29(34-3)38-40(25)27/h4-9,11,13-17,35H,18H2,1-3H3,(H,34,38)(H,36,41). The van der Waals surface area contributed by atoms with Crippen molar-refractivity contribution in [2.75, 3.05) is 17.7 Å². The number of fused-ring (bicyclic) bond motifs is 1. The monoisotopic (exact) mass is 557 g/mol. The summed E-state index contributed by atoms with van der Waals surface area (Å²) in [5.41, 5.74) is 6.10. The lowest BCUT2D eigenvalue weighted by Crippen LogP contribution is -2.31. The Bertz CT molecular complexity index is 1760. The average molecular weight is 558 g/mol. The number of hydrazine groups is 1. The van der Waals surface area contributed by atoms with Crippen molar-refractivity contribution >= 4 is 23.2 Å². The van der Waals surface area contributed by atoms with E-state index in [-0.39, 0.29) is 23.4 Å².